The van der Waals surface area contributed by atoms with Crippen molar-refractivity contribution in [2.24, 2.45) is 17.3 Å². The monoisotopic (exact) mass is 203 g/mol. The Bertz CT molecular complexity index is 328. The molecule has 0 heterocycles. The van der Waals surface area contributed by atoms with Gasteiger partial charge in [0.2, 0.25) is 0 Å². The number of nitrogens with zero attached hydrogens (tertiary/aromatic N) is 1. The molecule has 0 N–H and O–H groups in total. The first-order valence-electron chi connectivity index (χ1n) is 5.61. The fraction of sp³-hybridized carbons (Fsp3) is 0.643. The average molecular weight is 203 g/mol. The molecule has 0 radical (unpaired) electrons. The Morgan fingerprint density at radius 1 is 1.60 bits per heavy atom. The fourth-order valence-electron chi connectivity index (χ4n) is 2.38. The van der Waals surface area contributed by atoms with Gasteiger partial charge < -0.3 is 0 Å². The second-order valence-corrected chi connectivity index (χ2v) is 5.35. The van der Waals surface area contributed by atoms with Gasteiger partial charge in [-0.2, -0.15) is 5.26 Å². The van der Waals surface area contributed by atoms with Crippen molar-refractivity contribution in [3.63, 3.8) is 0 Å². The molecule has 0 aromatic rings. The highest BCUT2D eigenvalue weighted by Crippen LogP contribution is 2.42. The van der Waals surface area contributed by atoms with E-state index in [-0.39, 0.29) is 5.41 Å². The van der Waals surface area contributed by atoms with E-state index in [0.29, 0.717) is 11.8 Å². The highest BCUT2D eigenvalue weighted by molar-refractivity contribution is 5.19. The molecule has 0 unspecified atom stereocenters. The summed E-state index contributed by atoms with van der Waals surface area (Å²) in [6.07, 6.45) is 4.46. The van der Waals surface area contributed by atoms with Crippen molar-refractivity contribution in [2.45, 2.75) is 40.5 Å². The lowest BCUT2D eigenvalue weighted by Gasteiger charge is -2.35. The molecule has 0 aromatic carbocycles. The SMILES string of the molecule is C=C(C)[C@H]1CC=C(C)[C@H](C(C)(C)C#N)C1. The van der Waals surface area contributed by atoms with Crippen LogP contribution in [-0.2, 0) is 0 Å². The summed E-state index contributed by atoms with van der Waals surface area (Å²) in [5.41, 5.74) is 2.37. The summed E-state index contributed by atoms with van der Waals surface area (Å²) in [7, 11) is 0. The number of allylic oxidation sites excluding steroid dienone is 3. The van der Waals surface area contributed by atoms with Crippen LogP contribution in [-0.4, -0.2) is 0 Å². The van der Waals surface area contributed by atoms with Gasteiger partial charge in [-0.3, -0.25) is 0 Å². The molecule has 15 heavy (non-hydrogen) atoms. The summed E-state index contributed by atoms with van der Waals surface area (Å²) in [4.78, 5) is 0. The van der Waals surface area contributed by atoms with Crippen molar-refractivity contribution >= 4 is 0 Å². The van der Waals surface area contributed by atoms with Gasteiger partial charge in [0.05, 0.1) is 11.5 Å². The molecule has 1 rings (SSSR count). The lowest BCUT2D eigenvalue weighted by molar-refractivity contribution is 0.273. The highest BCUT2D eigenvalue weighted by atomic mass is 14.4. The van der Waals surface area contributed by atoms with E-state index < -0.39 is 0 Å². The third-order valence-corrected chi connectivity index (χ3v) is 3.65. The number of rotatable bonds is 2. The van der Waals surface area contributed by atoms with Crippen molar-refractivity contribution in [2.75, 3.05) is 0 Å². The topological polar surface area (TPSA) is 23.8 Å². The van der Waals surface area contributed by atoms with E-state index >= 15 is 0 Å². The van der Waals surface area contributed by atoms with Crippen molar-refractivity contribution in [1.82, 2.24) is 0 Å². The largest absolute Gasteiger partial charge is 0.198 e. The molecule has 2 atom stereocenters. The lowest BCUT2D eigenvalue weighted by Crippen LogP contribution is -2.28. The summed E-state index contributed by atoms with van der Waals surface area (Å²) in [6.45, 7) is 12.4. The molecular weight excluding hydrogens is 182 g/mol. The number of hydrogen-bond donors (Lipinski definition) is 0. The van der Waals surface area contributed by atoms with Crippen LogP contribution in [0.5, 0.6) is 0 Å². The lowest BCUT2D eigenvalue weighted by atomic mass is 9.67. The molecule has 1 aliphatic carbocycles. The van der Waals surface area contributed by atoms with Crippen LogP contribution in [0.4, 0.5) is 0 Å². The zero-order valence-electron chi connectivity index (χ0n) is 10.3. The minimum Gasteiger partial charge on any atom is -0.198 e. The second-order valence-electron chi connectivity index (χ2n) is 5.35. The highest BCUT2D eigenvalue weighted by Gasteiger charge is 2.34. The van der Waals surface area contributed by atoms with Crippen molar-refractivity contribution in [3.05, 3.63) is 23.8 Å². The van der Waals surface area contributed by atoms with E-state index in [4.69, 9.17) is 0 Å². The van der Waals surface area contributed by atoms with Gasteiger partial charge in [-0.25, -0.2) is 0 Å². The normalized spacial score (nSPS) is 26.7. The predicted octanol–water partition coefficient (Wildman–Crippen LogP) is 4.08. The molecule has 0 aromatic heterocycles. The quantitative estimate of drug-likeness (QED) is 0.620. The zero-order chi connectivity index (χ0) is 11.6. The van der Waals surface area contributed by atoms with Crippen molar-refractivity contribution in [3.8, 4) is 6.07 Å². The van der Waals surface area contributed by atoms with Gasteiger partial charge in [0, 0.05) is 0 Å². The molecule has 0 amide bonds. The van der Waals surface area contributed by atoms with Gasteiger partial charge in [-0.05, 0) is 52.4 Å². The third kappa shape index (κ3) is 2.50. The molecule has 1 nitrogen and oxygen atoms in total. The maximum absolute atomic E-state index is 9.19. The Kier molecular flexibility index (Phi) is 3.39. The first-order chi connectivity index (χ1) is 6.88. The summed E-state index contributed by atoms with van der Waals surface area (Å²) >= 11 is 0. The maximum atomic E-state index is 9.19. The third-order valence-electron chi connectivity index (χ3n) is 3.65. The first kappa shape index (κ1) is 12.0. The Hall–Kier alpha value is -1.03. The Morgan fingerprint density at radius 3 is 2.67 bits per heavy atom. The van der Waals surface area contributed by atoms with Gasteiger partial charge in [0.25, 0.3) is 0 Å². The summed E-state index contributed by atoms with van der Waals surface area (Å²) in [5.74, 6) is 0.948. The minimum atomic E-state index is -0.255. The molecule has 82 valence electrons. The summed E-state index contributed by atoms with van der Waals surface area (Å²) in [5, 5.41) is 9.19. The van der Waals surface area contributed by atoms with E-state index in [1.54, 1.807) is 0 Å². The smallest absolute Gasteiger partial charge is 0.0690 e. The molecule has 0 spiro atoms. The number of hydrogen-bond acceptors (Lipinski definition) is 1. The standard InChI is InChI=1S/C14H21N/c1-10(2)12-7-6-11(3)13(8-12)14(4,5)9-15/h6,12-13H,1,7-8H2,2-5H3/t12-,13+/m0/s1. The summed E-state index contributed by atoms with van der Waals surface area (Å²) < 4.78 is 0. The molecule has 0 bridgehead atoms. The second kappa shape index (κ2) is 4.23. The van der Waals surface area contributed by atoms with E-state index in [1.807, 2.05) is 13.8 Å². The van der Waals surface area contributed by atoms with E-state index in [0.717, 1.165) is 12.8 Å². The van der Waals surface area contributed by atoms with Crippen LogP contribution in [0.1, 0.15) is 40.5 Å². The first-order valence-corrected chi connectivity index (χ1v) is 5.61. The molecule has 0 aliphatic heterocycles. The van der Waals surface area contributed by atoms with Crippen molar-refractivity contribution < 1.29 is 0 Å². The molecular formula is C14H21N. The van der Waals surface area contributed by atoms with Gasteiger partial charge in [-0.15, -0.1) is 0 Å². The Balaban J connectivity index is 2.91. The summed E-state index contributed by atoms with van der Waals surface area (Å²) in [6, 6.07) is 2.43. The molecule has 0 fully saturated rings. The molecule has 1 aliphatic rings. The van der Waals surface area contributed by atoms with Gasteiger partial charge in [0.15, 0.2) is 0 Å². The van der Waals surface area contributed by atoms with Crippen LogP contribution >= 0.6 is 0 Å². The van der Waals surface area contributed by atoms with E-state index in [2.05, 4.69) is 32.6 Å². The van der Waals surface area contributed by atoms with Gasteiger partial charge in [-0.1, -0.05) is 23.8 Å². The Morgan fingerprint density at radius 2 is 2.20 bits per heavy atom. The molecule has 1 heteroatoms. The predicted molar refractivity (Wildman–Crippen MR) is 64.2 cm³/mol. The van der Waals surface area contributed by atoms with Gasteiger partial charge in [0.1, 0.15) is 0 Å². The van der Waals surface area contributed by atoms with Crippen LogP contribution in [0, 0.1) is 28.6 Å². The maximum Gasteiger partial charge on any atom is 0.0690 e. The van der Waals surface area contributed by atoms with Crippen LogP contribution in [0.2, 0.25) is 0 Å². The van der Waals surface area contributed by atoms with Crippen molar-refractivity contribution in [1.29, 1.82) is 5.26 Å². The van der Waals surface area contributed by atoms with Gasteiger partial charge >= 0.3 is 0 Å². The molecule has 0 saturated heterocycles. The Labute approximate surface area is 93.5 Å². The number of nitriles is 1. The average Bonchev–Trinajstić information content (AvgIpc) is 2.17. The van der Waals surface area contributed by atoms with Crippen LogP contribution in [0.3, 0.4) is 0 Å². The molecule has 0 saturated carbocycles. The van der Waals surface area contributed by atoms with Crippen LogP contribution in [0.15, 0.2) is 23.8 Å². The van der Waals surface area contributed by atoms with Crippen LogP contribution in [0.25, 0.3) is 0 Å². The fourth-order valence-corrected chi connectivity index (χ4v) is 2.38. The zero-order valence-corrected chi connectivity index (χ0v) is 10.3. The van der Waals surface area contributed by atoms with E-state index in [1.165, 1.54) is 11.1 Å². The van der Waals surface area contributed by atoms with E-state index in [9.17, 15) is 5.26 Å². The minimum absolute atomic E-state index is 0.255. The van der Waals surface area contributed by atoms with Crippen LogP contribution < -0.4 is 0 Å².